The Morgan fingerprint density at radius 2 is 1.54 bits per heavy atom. The highest BCUT2D eigenvalue weighted by molar-refractivity contribution is 5.67. The van der Waals surface area contributed by atoms with Gasteiger partial charge in [0.25, 0.3) is 0 Å². The van der Waals surface area contributed by atoms with Crippen molar-refractivity contribution in [2.45, 2.75) is 85.5 Å². The maximum atomic E-state index is 11.3. The number of unbranched alkanes of at least 4 members (excludes halogenated alkanes) is 5. The van der Waals surface area contributed by atoms with Gasteiger partial charge in [-0.15, -0.1) is 0 Å². The molecule has 1 unspecified atom stereocenters. The predicted molar refractivity (Wildman–Crippen MR) is 98.3 cm³/mol. The molecule has 0 saturated heterocycles. The van der Waals surface area contributed by atoms with Crippen LogP contribution in [-0.2, 0) is 4.79 Å². The summed E-state index contributed by atoms with van der Waals surface area (Å²) in [5.41, 5.74) is 0. The molecule has 0 amide bonds. The van der Waals surface area contributed by atoms with Gasteiger partial charge in [-0.1, -0.05) is 59.8 Å². The molecule has 0 heterocycles. The number of aliphatic hydroxyl groups excluding tert-OH is 1. The Labute approximate surface area is 149 Å². The van der Waals surface area contributed by atoms with E-state index < -0.39 is 11.9 Å². The molecule has 24 heavy (non-hydrogen) atoms. The summed E-state index contributed by atoms with van der Waals surface area (Å²) in [7, 11) is 0. The van der Waals surface area contributed by atoms with Crippen LogP contribution in [0.3, 0.4) is 0 Å². The zero-order valence-electron chi connectivity index (χ0n) is 16.4. The lowest BCUT2D eigenvalue weighted by atomic mass is 10.1. The number of hydrogen-bond acceptors (Lipinski definition) is 3. The van der Waals surface area contributed by atoms with Gasteiger partial charge in [-0.2, -0.15) is 0 Å². The van der Waals surface area contributed by atoms with Crippen LogP contribution in [0.1, 0.15) is 85.5 Å². The molecule has 142 valence electrons. The fourth-order valence-electron chi connectivity index (χ4n) is 3.16. The first-order valence-corrected chi connectivity index (χ1v) is 9.88. The molecule has 1 atom stereocenters. The number of quaternary nitrogens is 1. The highest BCUT2D eigenvalue weighted by atomic mass is 16.4. The number of nitrogens with zero attached hydrogens (tertiary/aromatic N) is 1. The molecular formula is C20H39NO3. The van der Waals surface area contributed by atoms with E-state index in [0.29, 0.717) is 23.2 Å². The third-order valence-electron chi connectivity index (χ3n) is 4.66. The fraction of sp³-hybridized carbons (Fsp3) is 0.850. The largest absolute Gasteiger partial charge is 0.550 e. The van der Waals surface area contributed by atoms with Gasteiger partial charge in [0.1, 0.15) is 12.0 Å². The van der Waals surface area contributed by atoms with Gasteiger partial charge in [0.15, 0.2) is 0 Å². The first kappa shape index (κ1) is 23.0. The zero-order valence-corrected chi connectivity index (χ0v) is 16.4. The molecule has 0 bridgehead atoms. The van der Waals surface area contributed by atoms with Gasteiger partial charge in [0, 0.05) is 18.3 Å². The summed E-state index contributed by atoms with van der Waals surface area (Å²) in [5, 5.41) is 21.7. The third-order valence-corrected chi connectivity index (χ3v) is 4.66. The molecule has 0 aromatic rings. The summed E-state index contributed by atoms with van der Waals surface area (Å²) < 4.78 is 0.566. The van der Waals surface area contributed by atoms with E-state index in [2.05, 4.69) is 20.8 Å². The number of rotatable bonds is 15. The van der Waals surface area contributed by atoms with E-state index in [-0.39, 0.29) is 0 Å². The van der Waals surface area contributed by atoms with E-state index in [1.165, 1.54) is 12.8 Å². The Balaban J connectivity index is 5.15. The molecule has 0 aromatic heterocycles. The first-order valence-electron chi connectivity index (χ1n) is 9.88. The Bertz CT molecular complexity index is 358. The summed E-state index contributed by atoms with van der Waals surface area (Å²) in [5.74, 6) is -1.09. The number of carbonyl (C=O) groups is 1. The van der Waals surface area contributed by atoms with Crippen LogP contribution in [-0.4, -0.2) is 35.2 Å². The first-order chi connectivity index (χ1) is 11.4. The van der Waals surface area contributed by atoms with Gasteiger partial charge in [0.05, 0.1) is 19.6 Å². The number of aliphatic hydroxyl groups is 1. The van der Waals surface area contributed by atoms with E-state index in [1.807, 2.05) is 6.20 Å². The van der Waals surface area contributed by atoms with Crippen LogP contribution in [0.4, 0.5) is 0 Å². The average Bonchev–Trinajstić information content (AvgIpc) is 2.54. The van der Waals surface area contributed by atoms with Crippen molar-refractivity contribution in [3.63, 3.8) is 0 Å². The fourth-order valence-corrected chi connectivity index (χ4v) is 3.16. The van der Waals surface area contributed by atoms with Crippen molar-refractivity contribution in [3.8, 4) is 0 Å². The lowest BCUT2D eigenvalue weighted by Gasteiger charge is -2.37. The van der Waals surface area contributed by atoms with E-state index in [0.717, 1.165) is 51.6 Å². The van der Waals surface area contributed by atoms with Crippen molar-refractivity contribution < 1.29 is 19.5 Å². The van der Waals surface area contributed by atoms with Crippen LogP contribution >= 0.6 is 0 Å². The number of aliphatic carboxylic acids is 1. The normalized spacial score (nSPS) is 13.9. The van der Waals surface area contributed by atoms with Gasteiger partial charge >= 0.3 is 0 Å². The van der Waals surface area contributed by atoms with Gasteiger partial charge in [-0.25, -0.2) is 0 Å². The van der Waals surface area contributed by atoms with E-state index >= 15 is 0 Å². The minimum Gasteiger partial charge on any atom is -0.550 e. The lowest BCUT2D eigenvalue weighted by molar-refractivity contribution is -0.883. The second kappa shape index (κ2) is 13.3. The van der Waals surface area contributed by atoms with Gasteiger partial charge in [-0.3, -0.25) is 4.48 Å². The SMILES string of the molecule is CCCCCC/C(O)=C/[N+](CCCC)(CCCC)CC(C)C(=O)[O-]. The molecule has 0 aromatic carbocycles. The predicted octanol–water partition coefficient (Wildman–Crippen LogP) is 4.16. The standard InChI is InChI=1S/C20H39NO3/c1-5-8-11-12-13-19(22)17-21(14-9-6-2,15-10-7-3)16-18(4)20(23)24/h17-18H,5-16H2,1-4H3,(H-,22,23,24)/b19-17-. The summed E-state index contributed by atoms with van der Waals surface area (Å²) in [6.07, 6.45) is 11.3. The Morgan fingerprint density at radius 1 is 1.00 bits per heavy atom. The molecule has 0 fully saturated rings. The molecule has 0 saturated carbocycles. The maximum absolute atomic E-state index is 11.3. The molecule has 0 aliphatic rings. The van der Waals surface area contributed by atoms with Crippen LogP contribution < -0.4 is 5.11 Å². The molecular weight excluding hydrogens is 302 g/mol. The highest BCUT2D eigenvalue weighted by Gasteiger charge is 2.28. The van der Waals surface area contributed by atoms with Crippen LogP contribution in [0.2, 0.25) is 0 Å². The monoisotopic (exact) mass is 341 g/mol. The Hall–Kier alpha value is -1.03. The van der Waals surface area contributed by atoms with Crippen molar-refractivity contribution >= 4 is 5.97 Å². The van der Waals surface area contributed by atoms with Gasteiger partial charge in [-0.05, 0) is 19.3 Å². The molecule has 0 spiro atoms. The molecule has 1 N–H and O–H groups in total. The third kappa shape index (κ3) is 9.96. The van der Waals surface area contributed by atoms with Crippen LogP contribution in [0.15, 0.2) is 12.0 Å². The molecule has 0 rings (SSSR count). The van der Waals surface area contributed by atoms with Crippen LogP contribution in [0.25, 0.3) is 0 Å². The van der Waals surface area contributed by atoms with Crippen molar-refractivity contribution in [3.05, 3.63) is 12.0 Å². The topological polar surface area (TPSA) is 60.4 Å². The molecule has 0 aliphatic carbocycles. The van der Waals surface area contributed by atoms with Crippen molar-refractivity contribution in [2.24, 2.45) is 5.92 Å². The van der Waals surface area contributed by atoms with Gasteiger partial charge < -0.3 is 15.0 Å². The number of carboxylic acid groups (broad SMARTS) is 1. The Kier molecular flexibility index (Phi) is 12.7. The minimum atomic E-state index is -0.999. The van der Waals surface area contributed by atoms with Crippen molar-refractivity contribution in [1.82, 2.24) is 0 Å². The summed E-state index contributed by atoms with van der Waals surface area (Å²) in [6, 6.07) is 0. The van der Waals surface area contributed by atoms with Crippen LogP contribution in [0.5, 0.6) is 0 Å². The molecule has 4 heteroatoms. The Morgan fingerprint density at radius 3 is 2.00 bits per heavy atom. The average molecular weight is 342 g/mol. The summed E-state index contributed by atoms with van der Waals surface area (Å²) in [4.78, 5) is 11.3. The highest BCUT2D eigenvalue weighted by Crippen LogP contribution is 2.20. The van der Waals surface area contributed by atoms with Gasteiger partial charge in [0.2, 0.25) is 0 Å². The number of carbonyl (C=O) groups excluding carboxylic acids is 1. The summed E-state index contributed by atoms with van der Waals surface area (Å²) >= 11 is 0. The summed E-state index contributed by atoms with van der Waals surface area (Å²) in [6.45, 7) is 10.4. The number of allylic oxidation sites excluding steroid dienone is 1. The lowest BCUT2D eigenvalue weighted by Crippen LogP contribution is -2.50. The maximum Gasteiger partial charge on any atom is 0.145 e. The quantitative estimate of drug-likeness (QED) is 0.276. The molecule has 0 radical (unpaired) electrons. The van der Waals surface area contributed by atoms with E-state index in [4.69, 9.17) is 0 Å². The van der Waals surface area contributed by atoms with Crippen LogP contribution in [0, 0.1) is 5.92 Å². The number of hydrogen-bond donors (Lipinski definition) is 1. The zero-order chi connectivity index (χ0) is 18.4. The van der Waals surface area contributed by atoms with Crippen molar-refractivity contribution in [2.75, 3.05) is 19.6 Å². The smallest absolute Gasteiger partial charge is 0.145 e. The van der Waals surface area contributed by atoms with E-state index in [9.17, 15) is 15.0 Å². The number of carboxylic acids is 1. The van der Waals surface area contributed by atoms with E-state index in [1.54, 1.807) is 6.92 Å². The molecule has 0 aliphatic heterocycles. The minimum absolute atomic E-state index is 0.420. The second-order valence-corrected chi connectivity index (χ2v) is 7.21. The second-order valence-electron chi connectivity index (χ2n) is 7.21. The van der Waals surface area contributed by atoms with Crippen molar-refractivity contribution in [1.29, 1.82) is 0 Å². The molecule has 4 nitrogen and oxygen atoms in total.